The maximum atomic E-state index is 12.5. The molecule has 0 bridgehead atoms. The Balaban J connectivity index is 1.69. The van der Waals surface area contributed by atoms with Gasteiger partial charge < -0.3 is 10.2 Å². The molecule has 2 aromatic rings. The molecule has 1 heterocycles. The molecule has 1 aliphatic rings. The number of anilines is 1. The highest BCUT2D eigenvalue weighted by Crippen LogP contribution is 2.24. The van der Waals surface area contributed by atoms with Crippen LogP contribution in [0.2, 0.25) is 5.02 Å². The van der Waals surface area contributed by atoms with Crippen molar-refractivity contribution in [2.75, 3.05) is 24.2 Å². The zero-order chi connectivity index (χ0) is 19.8. The van der Waals surface area contributed by atoms with Crippen LogP contribution in [0, 0.1) is 6.92 Å². The number of thioether (sulfide) groups is 1. The minimum Gasteiger partial charge on any atom is -0.351 e. The van der Waals surface area contributed by atoms with Crippen molar-refractivity contribution in [2.24, 2.45) is 4.99 Å². The predicted octanol–water partition coefficient (Wildman–Crippen LogP) is 5.88. The lowest BCUT2D eigenvalue weighted by Crippen LogP contribution is -2.31. The highest BCUT2D eigenvalue weighted by molar-refractivity contribution is 8.14. The normalized spacial score (nSPS) is 15.2. The average molecular weight is 416 g/mol. The molecule has 28 heavy (non-hydrogen) atoms. The Bertz CT molecular complexity index is 818. The van der Waals surface area contributed by atoms with Gasteiger partial charge >= 0.3 is 0 Å². The van der Waals surface area contributed by atoms with Crippen LogP contribution >= 0.6 is 23.4 Å². The van der Waals surface area contributed by atoms with Gasteiger partial charge in [0.15, 0.2) is 5.17 Å². The predicted molar refractivity (Wildman–Crippen MR) is 121 cm³/mol. The summed E-state index contributed by atoms with van der Waals surface area (Å²) in [6.07, 6.45) is 4.85. The standard InChI is InChI=1S/C22H26ClN3OS/c1-17-19(23)12-9-13-20(17)25-21(27)16-28-22(24-18-10-5-4-6-11-18)26-14-7-2-3-8-15-26/h4-6,9-13H,2-3,7-8,14-16H2,1H3,(H,25,27). The lowest BCUT2D eigenvalue weighted by atomic mass is 10.2. The van der Waals surface area contributed by atoms with Crippen LogP contribution in [-0.2, 0) is 4.79 Å². The Morgan fingerprint density at radius 2 is 1.79 bits per heavy atom. The molecule has 0 radical (unpaired) electrons. The largest absolute Gasteiger partial charge is 0.351 e. The Labute approximate surface area is 176 Å². The summed E-state index contributed by atoms with van der Waals surface area (Å²) in [5, 5.41) is 4.54. The van der Waals surface area contributed by atoms with Crippen molar-refractivity contribution >= 4 is 45.8 Å². The van der Waals surface area contributed by atoms with Gasteiger partial charge in [-0.2, -0.15) is 0 Å². The number of amides is 1. The quantitative estimate of drug-likeness (QED) is 0.500. The lowest BCUT2D eigenvalue weighted by Gasteiger charge is -2.23. The molecule has 4 nitrogen and oxygen atoms in total. The summed E-state index contributed by atoms with van der Waals surface area (Å²) in [6.45, 7) is 3.89. The SMILES string of the molecule is Cc1c(Cl)cccc1NC(=O)CSC(=Nc1ccccc1)N1CCCCCC1. The summed E-state index contributed by atoms with van der Waals surface area (Å²) < 4.78 is 0. The van der Waals surface area contributed by atoms with Crippen LogP contribution in [0.5, 0.6) is 0 Å². The van der Waals surface area contributed by atoms with E-state index in [-0.39, 0.29) is 5.91 Å². The third kappa shape index (κ3) is 6.01. The first-order valence-electron chi connectivity index (χ1n) is 9.70. The van der Waals surface area contributed by atoms with Crippen molar-refractivity contribution in [2.45, 2.75) is 32.6 Å². The van der Waals surface area contributed by atoms with Gasteiger partial charge in [0.25, 0.3) is 0 Å². The number of amidine groups is 1. The van der Waals surface area contributed by atoms with Gasteiger partial charge in [-0.1, -0.05) is 60.5 Å². The van der Waals surface area contributed by atoms with Gasteiger partial charge in [-0.25, -0.2) is 4.99 Å². The number of para-hydroxylation sites is 1. The number of likely N-dealkylation sites (tertiary alicyclic amines) is 1. The van der Waals surface area contributed by atoms with Crippen molar-refractivity contribution in [1.29, 1.82) is 0 Å². The molecule has 1 N–H and O–H groups in total. The molecule has 1 amide bonds. The number of hydrogen-bond donors (Lipinski definition) is 1. The first-order valence-corrected chi connectivity index (χ1v) is 11.1. The molecule has 2 aromatic carbocycles. The second kappa shape index (κ2) is 10.5. The van der Waals surface area contributed by atoms with Crippen molar-refractivity contribution in [1.82, 2.24) is 4.90 Å². The molecular weight excluding hydrogens is 390 g/mol. The molecule has 1 aliphatic heterocycles. The van der Waals surface area contributed by atoms with Gasteiger partial charge in [-0.15, -0.1) is 0 Å². The Morgan fingerprint density at radius 1 is 1.07 bits per heavy atom. The summed E-state index contributed by atoms with van der Waals surface area (Å²) in [5.74, 6) is 0.264. The molecule has 0 aliphatic carbocycles. The third-order valence-corrected chi connectivity index (χ3v) is 6.16. The van der Waals surface area contributed by atoms with Crippen LogP contribution in [0.15, 0.2) is 53.5 Å². The van der Waals surface area contributed by atoms with Gasteiger partial charge in [0, 0.05) is 23.8 Å². The molecule has 0 saturated carbocycles. The van der Waals surface area contributed by atoms with Gasteiger partial charge in [-0.3, -0.25) is 4.79 Å². The van der Waals surface area contributed by atoms with Crippen LogP contribution in [0.4, 0.5) is 11.4 Å². The van der Waals surface area contributed by atoms with Gasteiger partial charge in [0.1, 0.15) is 0 Å². The molecule has 1 saturated heterocycles. The Kier molecular flexibility index (Phi) is 7.80. The fraction of sp³-hybridized carbons (Fsp3) is 0.364. The van der Waals surface area contributed by atoms with Crippen LogP contribution in [-0.4, -0.2) is 34.8 Å². The fourth-order valence-electron chi connectivity index (χ4n) is 3.13. The monoisotopic (exact) mass is 415 g/mol. The van der Waals surface area contributed by atoms with E-state index in [1.165, 1.54) is 37.4 Å². The highest BCUT2D eigenvalue weighted by atomic mass is 35.5. The van der Waals surface area contributed by atoms with Crippen LogP contribution in [0.3, 0.4) is 0 Å². The summed E-state index contributed by atoms with van der Waals surface area (Å²) in [7, 11) is 0. The van der Waals surface area contributed by atoms with Gasteiger partial charge in [-0.05, 0) is 49.6 Å². The van der Waals surface area contributed by atoms with E-state index in [0.717, 1.165) is 35.2 Å². The molecular formula is C22H26ClN3OS. The van der Waals surface area contributed by atoms with Crippen LogP contribution in [0.1, 0.15) is 31.2 Å². The molecule has 1 fully saturated rings. The van der Waals surface area contributed by atoms with Crippen molar-refractivity contribution in [3.63, 3.8) is 0 Å². The third-order valence-electron chi connectivity index (χ3n) is 4.73. The number of hydrogen-bond acceptors (Lipinski definition) is 3. The average Bonchev–Trinajstić information content (AvgIpc) is 2.99. The summed E-state index contributed by atoms with van der Waals surface area (Å²) in [4.78, 5) is 19.7. The highest BCUT2D eigenvalue weighted by Gasteiger charge is 2.17. The van der Waals surface area contributed by atoms with E-state index >= 15 is 0 Å². The van der Waals surface area contributed by atoms with Crippen molar-refractivity contribution in [3.8, 4) is 0 Å². The van der Waals surface area contributed by atoms with Crippen LogP contribution in [0.25, 0.3) is 0 Å². The second-order valence-electron chi connectivity index (χ2n) is 6.88. The fourth-order valence-corrected chi connectivity index (χ4v) is 4.17. The maximum Gasteiger partial charge on any atom is 0.234 e. The number of rotatable bonds is 4. The maximum absolute atomic E-state index is 12.5. The summed E-state index contributed by atoms with van der Waals surface area (Å²) in [6, 6.07) is 15.5. The number of nitrogens with one attached hydrogen (secondary N) is 1. The number of benzene rings is 2. The van der Waals surface area contributed by atoms with Gasteiger partial charge in [0.05, 0.1) is 11.4 Å². The molecule has 0 spiro atoms. The topological polar surface area (TPSA) is 44.7 Å². The smallest absolute Gasteiger partial charge is 0.234 e. The minimum atomic E-state index is -0.0500. The molecule has 0 unspecified atom stereocenters. The summed E-state index contributed by atoms with van der Waals surface area (Å²) in [5.41, 5.74) is 2.56. The number of nitrogens with zero attached hydrogens (tertiary/aromatic N) is 2. The van der Waals surface area contributed by atoms with E-state index in [4.69, 9.17) is 16.6 Å². The van der Waals surface area contributed by atoms with E-state index < -0.39 is 0 Å². The summed E-state index contributed by atoms with van der Waals surface area (Å²) >= 11 is 7.65. The number of carbonyl (C=O) groups excluding carboxylic acids is 1. The zero-order valence-electron chi connectivity index (χ0n) is 16.2. The van der Waals surface area contributed by atoms with E-state index in [0.29, 0.717) is 10.8 Å². The minimum absolute atomic E-state index is 0.0500. The van der Waals surface area contributed by atoms with Crippen LogP contribution < -0.4 is 5.32 Å². The number of halogens is 1. The number of aliphatic imine (C=N–C) groups is 1. The van der Waals surface area contributed by atoms with E-state index in [1.54, 1.807) is 0 Å². The Morgan fingerprint density at radius 3 is 2.50 bits per heavy atom. The van der Waals surface area contributed by atoms with Crippen molar-refractivity contribution in [3.05, 3.63) is 59.1 Å². The van der Waals surface area contributed by atoms with E-state index in [9.17, 15) is 4.79 Å². The Hall–Kier alpha value is -1.98. The molecule has 6 heteroatoms. The zero-order valence-corrected chi connectivity index (χ0v) is 17.7. The second-order valence-corrected chi connectivity index (χ2v) is 8.23. The van der Waals surface area contributed by atoms with E-state index in [1.807, 2.05) is 55.5 Å². The van der Waals surface area contributed by atoms with E-state index in [2.05, 4.69) is 10.2 Å². The molecule has 0 aromatic heterocycles. The van der Waals surface area contributed by atoms with Gasteiger partial charge in [0.2, 0.25) is 5.91 Å². The molecule has 148 valence electrons. The van der Waals surface area contributed by atoms with Crippen molar-refractivity contribution < 1.29 is 4.79 Å². The first kappa shape index (κ1) is 20.7. The number of carbonyl (C=O) groups is 1. The molecule has 0 atom stereocenters. The lowest BCUT2D eigenvalue weighted by molar-refractivity contribution is -0.113. The molecule has 3 rings (SSSR count). The first-order chi connectivity index (χ1) is 13.6.